The van der Waals surface area contributed by atoms with Gasteiger partial charge >= 0.3 is 5.97 Å². The number of hydrogen-bond donors (Lipinski definition) is 2. The van der Waals surface area contributed by atoms with Gasteiger partial charge in [-0.3, -0.25) is 14.6 Å². The second-order valence-corrected chi connectivity index (χ2v) is 6.98. The molecule has 5 heteroatoms. The van der Waals surface area contributed by atoms with Crippen LogP contribution >= 0.6 is 0 Å². The van der Waals surface area contributed by atoms with Gasteiger partial charge < -0.3 is 5.11 Å². The Labute approximate surface area is 135 Å². The fraction of sp³-hybridized carbons (Fsp3) is 0.882. The summed E-state index contributed by atoms with van der Waals surface area (Å²) in [4.78, 5) is 23.1. The number of carboxylic acid groups (broad SMARTS) is 1. The van der Waals surface area contributed by atoms with Crippen LogP contribution in [0, 0.1) is 23.7 Å². The zero-order valence-corrected chi connectivity index (χ0v) is 14.8. The molecule has 0 radical (unpaired) electrons. The molecule has 130 valence electrons. The smallest absolute Gasteiger partial charge is 0.303 e. The predicted octanol–water partition coefficient (Wildman–Crippen LogP) is 3.29. The summed E-state index contributed by atoms with van der Waals surface area (Å²) in [6.07, 6.45) is 3.81. The van der Waals surface area contributed by atoms with Crippen LogP contribution in [0.3, 0.4) is 0 Å². The first kappa shape index (κ1) is 20.9. The van der Waals surface area contributed by atoms with Gasteiger partial charge in [0.25, 0.3) is 0 Å². The predicted molar refractivity (Wildman–Crippen MR) is 89.0 cm³/mol. The first-order valence-electron chi connectivity index (χ1n) is 8.45. The van der Waals surface area contributed by atoms with E-state index in [0.29, 0.717) is 18.9 Å². The second kappa shape index (κ2) is 10.6. The van der Waals surface area contributed by atoms with Crippen molar-refractivity contribution < 1.29 is 14.7 Å². The van der Waals surface area contributed by atoms with Gasteiger partial charge in [-0.2, -0.15) is 0 Å². The minimum Gasteiger partial charge on any atom is -0.481 e. The van der Waals surface area contributed by atoms with Gasteiger partial charge in [0.1, 0.15) is 0 Å². The third-order valence-electron chi connectivity index (χ3n) is 4.43. The third kappa shape index (κ3) is 8.37. The normalized spacial score (nSPS) is 15.4. The standard InChI is InChI=1S/C17H34N2O3/c1-6-7-8-13(4)14(5)15(10-17(21)22)11-19(18)16(20)9-12(2)3/h12-15H,6-11,18H2,1-5H3,(H,21,22). The molecular weight excluding hydrogens is 280 g/mol. The molecule has 3 atom stereocenters. The third-order valence-corrected chi connectivity index (χ3v) is 4.43. The molecule has 0 heterocycles. The van der Waals surface area contributed by atoms with Crippen molar-refractivity contribution >= 4 is 11.9 Å². The lowest BCUT2D eigenvalue weighted by Crippen LogP contribution is -2.43. The molecular formula is C17H34N2O3. The van der Waals surface area contributed by atoms with Gasteiger partial charge in [-0.15, -0.1) is 0 Å². The summed E-state index contributed by atoms with van der Waals surface area (Å²) >= 11 is 0. The maximum absolute atomic E-state index is 12.0. The maximum Gasteiger partial charge on any atom is 0.303 e. The molecule has 5 nitrogen and oxygen atoms in total. The van der Waals surface area contributed by atoms with Gasteiger partial charge in [0.15, 0.2) is 0 Å². The number of aliphatic carboxylic acids is 1. The molecule has 22 heavy (non-hydrogen) atoms. The van der Waals surface area contributed by atoms with E-state index in [1.807, 2.05) is 13.8 Å². The van der Waals surface area contributed by atoms with Gasteiger partial charge in [0.05, 0.1) is 6.42 Å². The minimum atomic E-state index is -0.829. The first-order valence-corrected chi connectivity index (χ1v) is 8.45. The Balaban J connectivity index is 4.75. The molecule has 0 bridgehead atoms. The van der Waals surface area contributed by atoms with E-state index in [1.54, 1.807) is 0 Å². The van der Waals surface area contributed by atoms with Gasteiger partial charge in [-0.25, -0.2) is 5.84 Å². The maximum atomic E-state index is 12.0. The monoisotopic (exact) mass is 314 g/mol. The summed E-state index contributed by atoms with van der Waals surface area (Å²) in [6.45, 7) is 10.6. The highest BCUT2D eigenvalue weighted by molar-refractivity contribution is 5.75. The van der Waals surface area contributed by atoms with Gasteiger partial charge in [-0.05, 0) is 23.7 Å². The molecule has 0 saturated heterocycles. The number of unbranched alkanes of at least 4 members (excludes halogenated alkanes) is 1. The average Bonchev–Trinajstić information content (AvgIpc) is 2.41. The molecule has 0 aromatic carbocycles. The van der Waals surface area contributed by atoms with Crippen LogP contribution in [0.4, 0.5) is 0 Å². The van der Waals surface area contributed by atoms with Crippen LogP contribution in [0.5, 0.6) is 0 Å². The average molecular weight is 314 g/mol. The quantitative estimate of drug-likeness (QED) is 0.348. The van der Waals surface area contributed by atoms with Crippen molar-refractivity contribution in [2.45, 2.75) is 66.7 Å². The van der Waals surface area contributed by atoms with Crippen LogP contribution < -0.4 is 5.84 Å². The van der Waals surface area contributed by atoms with Crippen molar-refractivity contribution in [3.05, 3.63) is 0 Å². The number of hydrogen-bond acceptors (Lipinski definition) is 3. The van der Waals surface area contributed by atoms with Crippen LogP contribution in [0.25, 0.3) is 0 Å². The van der Waals surface area contributed by atoms with E-state index in [9.17, 15) is 9.59 Å². The van der Waals surface area contributed by atoms with Gasteiger partial charge in [-0.1, -0.05) is 53.9 Å². The molecule has 1 amide bonds. The van der Waals surface area contributed by atoms with Crippen LogP contribution in [-0.4, -0.2) is 28.5 Å². The molecule has 0 fully saturated rings. The van der Waals surface area contributed by atoms with Crippen LogP contribution in [-0.2, 0) is 9.59 Å². The highest BCUT2D eigenvalue weighted by Crippen LogP contribution is 2.28. The Bertz CT molecular complexity index is 345. The van der Waals surface area contributed by atoms with E-state index in [-0.39, 0.29) is 30.1 Å². The largest absolute Gasteiger partial charge is 0.481 e. The topological polar surface area (TPSA) is 83.6 Å². The second-order valence-electron chi connectivity index (χ2n) is 6.98. The van der Waals surface area contributed by atoms with E-state index >= 15 is 0 Å². The molecule has 0 aliphatic rings. The zero-order chi connectivity index (χ0) is 17.3. The van der Waals surface area contributed by atoms with Gasteiger partial charge in [0, 0.05) is 13.0 Å². The Kier molecular flexibility index (Phi) is 10.1. The number of hydrazine groups is 1. The van der Waals surface area contributed by atoms with Gasteiger partial charge in [0.2, 0.25) is 5.91 Å². The molecule has 3 unspecified atom stereocenters. The van der Waals surface area contributed by atoms with Crippen LogP contribution in [0.15, 0.2) is 0 Å². The van der Waals surface area contributed by atoms with Crippen molar-refractivity contribution in [3.63, 3.8) is 0 Å². The number of amides is 1. The lowest BCUT2D eigenvalue weighted by molar-refractivity contribution is -0.141. The fourth-order valence-electron chi connectivity index (χ4n) is 2.72. The summed E-state index contributed by atoms with van der Waals surface area (Å²) in [7, 11) is 0. The van der Waals surface area contributed by atoms with E-state index in [0.717, 1.165) is 19.3 Å². The molecule has 0 rings (SSSR count). The summed E-state index contributed by atoms with van der Waals surface area (Å²) < 4.78 is 0. The van der Waals surface area contributed by atoms with Crippen molar-refractivity contribution in [1.82, 2.24) is 5.01 Å². The SMILES string of the molecule is CCCCC(C)C(C)C(CC(=O)O)CN(N)C(=O)CC(C)C. The number of nitrogens with two attached hydrogens (primary N) is 1. The molecule has 0 spiro atoms. The molecule has 0 aromatic rings. The van der Waals surface area contributed by atoms with E-state index < -0.39 is 5.97 Å². The van der Waals surface area contributed by atoms with Crippen LogP contribution in [0.1, 0.15) is 66.7 Å². The Morgan fingerprint density at radius 2 is 1.73 bits per heavy atom. The highest BCUT2D eigenvalue weighted by Gasteiger charge is 2.27. The number of carbonyl (C=O) groups excluding carboxylic acids is 1. The summed E-state index contributed by atoms with van der Waals surface area (Å²) in [5.41, 5.74) is 0. The van der Waals surface area contributed by atoms with E-state index in [1.165, 1.54) is 5.01 Å². The minimum absolute atomic E-state index is 0.0558. The Morgan fingerprint density at radius 1 is 1.14 bits per heavy atom. The number of rotatable bonds is 11. The van der Waals surface area contributed by atoms with E-state index in [2.05, 4.69) is 20.8 Å². The molecule has 0 aromatic heterocycles. The lowest BCUT2D eigenvalue weighted by atomic mass is 9.79. The molecule has 0 aliphatic carbocycles. The summed E-state index contributed by atoms with van der Waals surface area (Å²) in [5.74, 6) is 5.72. The fourth-order valence-corrected chi connectivity index (χ4v) is 2.72. The number of nitrogens with zero attached hydrogens (tertiary/aromatic N) is 1. The van der Waals surface area contributed by atoms with Crippen molar-refractivity contribution in [3.8, 4) is 0 Å². The molecule has 0 aliphatic heterocycles. The van der Waals surface area contributed by atoms with E-state index in [4.69, 9.17) is 10.9 Å². The zero-order valence-electron chi connectivity index (χ0n) is 14.8. The van der Waals surface area contributed by atoms with Crippen LogP contribution in [0.2, 0.25) is 0 Å². The Morgan fingerprint density at radius 3 is 2.18 bits per heavy atom. The summed E-state index contributed by atoms with van der Waals surface area (Å²) in [6, 6.07) is 0. The first-order chi connectivity index (χ1) is 10.2. The molecule has 0 saturated carbocycles. The van der Waals surface area contributed by atoms with Crippen molar-refractivity contribution in [2.75, 3.05) is 6.54 Å². The highest BCUT2D eigenvalue weighted by atomic mass is 16.4. The number of carbonyl (C=O) groups is 2. The summed E-state index contributed by atoms with van der Waals surface area (Å²) in [5, 5.41) is 10.4. The lowest BCUT2D eigenvalue weighted by Gasteiger charge is -2.31. The molecule has 3 N–H and O–H groups in total. The van der Waals surface area contributed by atoms with Crippen molar-refractivity contribution in [2.24, 2.45) is 29.5 Å². The van der Waals surface area contributed by atoms with Crippen molar-refractivity contribution in [1.29, 1.82) is 0 Å². The Hall–Kier alpha value is -1.10. The number of carboxylic acids is 1.